The molecule has 0 radical (unpaired) electrons. The summed E-state index contributed by atoms with van der Waals surface area (Å²) in [5.41, 5.74) is 2.32. The quantitative estimate of drug-likeness (QED) is 0.713. The maximum Gasteiger partial charge on any atom is 0.337 e. The summed E-state index contributed by atoms with van der Waals surface area (Å²) in [5.74, 6) is -0.628. The van der Waals surface area contributed by atoms with E-state index < -0.39 is 5.97 Å². The number of nitrogens with zero attached hydrogens (tertiary/aromatic N) is 1. The number of rotatable bonds is 6. The minimum atomic E-state index is -0.408. The van der Waals surface area contributed by atoms with Crippen LogP contribution in [0.3, 0.4) is 0 Å². The Hall–Kier alpha value is -3.35. The van der Waals surface area contributed by atoms with Crippen LogP contribution < -0.4 is 10.6 Å². The molecule has 30 heavy (non-hydrogen) atoms. The van der Waals surface area contributed by atoms with E-state index in [1.165, 1.54) is 7.11 Å². The van der Waals surface area contributed by atoms with Gasteiger partial charge in [-0.05, 0) is 55.3 Å². The van der Waals surface area contributed by atoms with Gasteiger partial charge in [-0.15, -0.1) is 0 Å². The van der Waals surface area contributed by atoms with Crippen molar-refractivity contribution in [3.05, 3.63) is 59.7 Å². The number of hydrogen-bond donors (Lipinski definition) is 2. The van der Waals surface area contributed by atoms with Crippen LogP contribution >= 0.6 is 0 Å². The molecular formula is C23H27N3O4. The summed E-state index contributed by atoms with van der Waals surface area (Å²) in [6.07, 6.45) is 4.40. The first kappa shape index (κ1) is 21.4. The van der Waals surface area contributed by atoms with Crippen LogP contribution in [0.1, 0.15) is 46.4 Å². The Labute approximate surface area is 176 Å². The standard InChI is InChI=1S/C23H27N3O4/c1-30-23(29)17-9-11-19(12-10-17)24-16-21(27)25-20-8-6-7-18(15-20)22(28)26-13-4-2-3-5-14-26/h6-12,15,24H,2-5,13-14,16H2,1H3,(H,25,27). The predicted molar refractivity (Wildman–Crippen MR) is 116 cm³/mol. The lowest BCUT2D eigenvalue weighted by atomic mass is 10.1. The molecule has 1 aliphatic heterocycles. The lowest BCUT2D eigenvalue weighted by molar-refractivity contribution is -0.114. The van der Waals surface area contributed by atoms with Crippen LogP contribution in [0.5, 0.6) is 0 Å². The highest BCUT2D eigenvalue weighted by molar-refractivity contribution is 5.98. The number of likely N-dealkylation sites (tertiary alicyclic amines) is 1. The van der Waals surface area contributed by atoms with E-state index in [1.54, 1.807) is 48.5 Å². The zero-order valence-corrected chi connectivity index (χ0v) is 17.1. The third kappa shape index (κ3) is 5.83. The molecule has 1 saturated heterocycles. The lowest BCUT2D eigenvalue weighted by Gasteiger charge is -2.20. The molecule has 1 fully saturated rings. The summed E-state index contributed by atoms with van der Waals surface area (Å²) in [6, 6.07) is 13.7. The number of benzene rings is 2. The molecule has 2 aromatic rings. The molecule has 7 heteroatoms. The van der Waals surface area contributed by atoms with Gasteiger partial charge in [0.05, 0.1) is 19.2 Å². The summed E-state index contributed by atoms with van der Waals surface area (Å²) >= 11 is 0. The minimum Gasteiger partial charge on any atom is -0.465 e. The highest BCUT2D eigenvalue weighted by atomic mass is 16.5. The second kappa shape index (κ2) is 10.4. The molecule has 2 amide bonds. The fraction of sp³-hybridized carbons (Fsp3) is 0.348. The second-order valence-electron chi connectivity index (χ2n) is 7.26. The first-order valence-corrected chi connectivity index (χ1v) is 10.2. The molecule has 0 bridgehead atoms. The Bertz CT molecular complexity index is 888. The average Bonchev–Trinajstić information content (AvgIpc) is 3.07. The zero-order valence-electron chi connectivity index (χ0n) is 17.1. The number of ether oxygens (including phenoxy) is 1. The zero-order chi connectivity index (χ0) is 21.3. The van der Waals surface area contributed by atoms with Gasteiger partial charge in [0.25, 0.3) is 5.91 Å². The monoisotopic (exact) mass is 409 g/mol. The Morgan fingerprint density at radius 2 is 1.60 bits per heavy atom. The van der Waals surface area contributed by atoms with Gasteiger partial charge in [-0.1, -0.05) is 18.9 Å². The van der Waals surface area contributed by atoms with Crippen molar-refractivity contribution in [2.75, 3.05) is 37.4 Å². The molecule has 0 aliphatic carbocycles. The molecule has 3 rings (SSSR count). The Morgan fingerprint density at radius 1 is 0.900 bits per heavy atom. The fourth-order valence-corrected chi connectivity index (χ4v) is 3.42. The fourth-order valence-electron chi connectivity index (χ4n) is 3.42. The van der Waals surface area contributed by atoms with Gasteiger partial charge in [0.1, 0.15) is 0 Å². The molecule has 1 aliphatic rings. The largest absolute Gasteiger partial charge is 0.465 e. The highest BCUT2D eigenvalue weighted by Crippen LogP contribution is 2.17. The van der Waals surface area contributed by atoms with Crippen molar-refractivity contribution < 1.29 is 19.1 Å². The van der Waals surface area contributed by atoms with Crippen molar-refractivity contribution >= 4 is 29.2 Å². The molecule has 0 aromatic heterocycles. The van der Waals surface area contributed by atoms with Gasteiger partial charge >= 0.3 is 5.97 Å². The predicted octanol–water partition coefficient (Wildman–Crippen LogP) is 3.54. The molecule has 2 N–H and O–H groups in total. The van der Waals surface area contributed by atoms with Crippen LogP contribution in [0.2, 0.25) is 0 Å². The van der Waals surface area contributed by atoms with E-state index in [9.17, 15) is 14.4 Å². The third-order valence-electron chi connectivity index (χ3n) is 5.05. The summed E-state index contributed by atoms with van der Waals surface area (Å²) < 4.78 is 4.66. The van der Waals surface area contributed by atoms with E-state index in [-0.39, 0.29) is 18.4 Å². The Kier molecular flexibility index (Phi) is 7.43. The number of hydrogen-bond acceptors (Lipinski definition) is 5. The second-order valence-corrected chi connectivity index (χ2v) is 7.26. The molecular weight excluding hydrogens is 382 g/mol. The van der Waals surface area contributed by atoms with E-state index in [0.29, 0.717) is 22.5 Å². The molecule has 158 valence electrons. The van der Waals surface area contributed by atoms with E-state index in [2.05, 4.69) is 15.4 Å². The molecule has 2 aromatic carbocycles. The van der Waals surface area contributed by atoms with Crippen LogP contribution in [-0.2, 0) is 9.53 Å². The first-order chi connectivity index (χ1) is 14.6. The number of esters is 1. The van der Waals surface area contributed by atoms with Crippen molar-refractivity contribution in [1.82, 2.24) is 4.90 Å². The van der Waals surface area contributed by atoms with E-state index in [1.807, 2.05) is 4.90 Å². The van der Waals surface area contributed by atoms with Crippen molar-refractivity contribution in [2.45, 2.75) is 25.7 Å². The van der Waals surface area contributed by atoms with Gasteiger partial charge in [0.15, 0.2) is 0 Å². The molecule has 0 spiro atoms. The van der Waals surface area contributed by atoms with Gasteiger partial charge in [0.2, 0.25) is 5.91 Å². The number of carbonyl (C=O) groups is 3. The summed E-state index contributed by atoms with van der Waals surface area (Å²) in [5, 5.41) is 5.82. The van der Waals surface area contributed by atoms with Crippen molar-refractivity contribution in [3.63, 3.8) is 0 Å². The van der Waals surface area contributed by atoms with E-state index in [4.69, 9.17) is 0 Å². The molecule has 0 atom stereocenters. The number of amides is 2. The lowest BCUT2D eigenvalue weighted by Crippen LogP contribution is -2.31. The molecule has 1 heterocycles. The molecule has 0 unspecified atom stereocenters. The summed E-state index contributed by atoms with van der Waals surface area (Å²) in [6.45, 7) is 1.63. The van der Waals surface area contributed by atoms with Gasteiger partial charge in [0, 0.05) is 30.0 Å². The number of nitrogens with one attached hydrogen (secondary N) is 2. The van der Waals surface area contributed by atoms with Crippen LogP contribution in [-0.4, -0.2) is 49.4 Å². The summed E-state index contributed by atoms with van der Waals surface area (Å²) in [4.78, 5) is 38.4. The third-order valence-corrected chi connectivity index (χ3v) is 5.05. The average molecular weight is 409 g/mol. The maximum atomic E-state index is 12.8. The van der Waals surface area contributed by atoms with E-state index in [0.717, 1.165) is 38.8 Å². The number of methoxy groups -OCH3 is 1. The summed E-state index contributed by atoms with van der Waals surface area (Å²) in [7, 11) is 1.33. The maximum absolute atomic E-state index is 12.8. The van der Waals surface area contributed by atoms with Gasteiger partial charge in [-0.2, -0.15) is 0 Å². The van der Waals surface area contributed by atoms with Crippen molar-refractivity contribution in [1.29, 1.82) is 0 Å². The van der Waals surface area contributed by atoms with Crippen molar-refractivity contribution in [2.24, 2.45) is 0 Å². The highest BCUT2D eigenvalue weighted by Gasteiger charge is 2.17. The van der Waals surface area contributed by atoms with Gasteiger partial charge < -0.3 is 20.3 Å². The first-order valence-electron chi connectivity index (χ1n) is 10.2. The normalized spacial score (nSPS) is 13.8. The van der Waals surface area contributed by atoms with Crippen LogP contribution in [0.25, 0.3) is 0 Å². The van der Waals surface area contributed by atoms with Crippen molar-refractivity contribution in [3.8, 4) is 0 Å². The van der Waals surface area contributed by atoms with E-state index >= 15 is 0 Å². The topological polar surface area (TPSA) is 87.7 Å². The number of anilines is 2. The Balaban J connectivity index is 1.54. The van der Waals surface area contributed by atoms with Crippen LogP contribution in [0.15, 0.2) is 48.5 Å². The Morgan fingerprint density at radius 3 is 2.27 bits per heavy atom. The van der Waals surface area contributed by atoms with Gasteiger partial charge in [-0.3, -0.25) is 9.59 Å². The smallest absolute Gasteiger partial charge is 0.337 e. The number of carbonyl (C=O) groups excluding carboxylic acids is 3. The molecule has 7 nitrogen and oxygen atoms in total. The van der Waals surface area contributed by atoms with Crippen LogP contribution in [0, 0.1) is 0 Å². The SMILES string of the molecule is COC(=O)c1ccc(NCC(=O)Nc2cccc(C(=O)N3CCCCCC3)c2)cc1. The molecule has 0 saturated carbocycles. The van der Waals surface area contributed by atoms with Gasteiger partial charge in [-0.25, -0.2) is 4.79 Å². The van der Waals surface area contributed by atoms with Crippen LogP contribution in [0.4, 0.5) is 11.4 Å². The minimum absolute atomic E-state index is 0.0109.